The van der Waals surface area contributed by atoms with Crippen LogP contribution in [0.25, 0.3) is 0 Å². The first-order valence-electron chi connectivity index (χ1n) is 5.12. The molecule has 2 heteroatoms. The lowest BCUT2D eigenvalue weighted by Gasteiger charge is -2.14. The summed E-state index contributed by atoms with van der Waals surface area (Å²) in [5.74, 6) is 0.961. The molecule has 1 unspecified atom stereocenters. The highest BCUT2D eigenvalue weighted by Crippen LogP contribution is 2.18. The van der Waals surface area contributed by atoms with Gasteiger partial charge in [0.05, 0.1) is 0 Å². The molecule has 0 radical (unpaired) electrons. The zero-order valence-electron chi connectivity index (χ0n) is 8.90. The van der Waals surface area contributed by atoms with E-state index in [1.165, 1.54) is 0 Å². The number of nitrogens with two attached hydrogens (primary N) is 1. The minimum Gasteiger partial charge on any atom is -0.508 e. The molecule has 3 N–H and O–H groups in total. The molecule has 0 aliphatic carbocycles. The van der Waals surface area contributed by atoms with Crippen LogP contribution in [0.15, 0.2) is 24.3 Å². The zero-order chi connectivity index (χ0) is 10.6. The Kier molecular flexibility index (Phi) is 3.96. The summed E-state index contributed by atoms with van der Waals surface area (Å²) in [4.78, 5) is 0. The number of hydrogen-bond acceptors (Lipinski definition) is 2. The molecule has 14 heavy (non-hydrogen) atoms. The first kappa shape index (κ1) is 11.1. The summed E-state index contributed by atoms with van der Waals surface area (Å²) in [7, 11) is 0. The lowest BCUT2D eigenvalue weighted by Crippen LogP contribution is -2.24. The van der Waals surface area contributed by atoms with Crippen LogP contribution in [0.5, 0.6) is 5.75 Å². The summed E-state index contributed by atoms with van der Waals surface area (Å²) in [6, 6.07) is 7.53. The van der Waals surface area contributed by atoms with Gasteiger partial charge in [-0.3, -0.25) is 0 Å². The van der Waals surface area contributed by atoms with Gasteiger partial charge in [0.25, 0.3) is 0 Å². The molecule has 0 fully saturated rings. The van der Waals surface area contributed by atoms with Crippen molar-refractivity contribution in [2.45, 2.75) is 32.7 Å². The summed E-state index contributed by atoms with van der Waals surface area (Å²) in [5.41, 5.74) is 6.91. The van der Waals surface area contributed by atoms with Crippen LogP contribution in [0.1, 0.15) is 25.8 Å². The number of rotatable bonds is 4. The second-order valence-electron chi connectivity index (χ2n) is 4.22. The van der Waals surface area contributed by atoms with Crippen molar-refractivity contribution in [2.75, 3.05) is 0 Å². The van der Waals surface area contributed by atoms with E-state index in [4.69, 9.17) is 5.73 Å². The fourth-order valence-corrected chi connectivity index (χ4v) is 1.65. The van der Waals surface area contributed by atoms with Crippen LogP contribution in [0.2, 0.25) is 0 Å². The van der Waals surface area contributed by atoms with Crippen LogP contribution in [-0.4, -0.2) is 11.1 Å². The van der Waals surface area contributed by atoms with Gasteiger partial charge in [0.15, 0.2) is 0 Å². The molecule has 0 amide bonds. The van der Waals surface area contributed by atoms with E-state index in [2.05, 4.69) is 13.8 Å². The third-order valence-corrected chi connectivity index (χ3v) is 2.25. The van der Waals surface area contributed by atoms with E-state index in [0.717, 1.165) is 18.4 Å². The van der Waals surface area contributed by atoms with E-state index < -0.39 is 0 Å². The van der Waals surface area contributed by atoms with Crippen LogP contribution in [0.4, 0.5) is 0 Å². The van der Waals surface area contributed by atoms with E-state index >= 15 is 0 Å². The molecule has 78 valence electrons. The molecule has 1 atom stereocenters. The number of aromatic hydroxyl groups is 1. The average molecular weight is 193 g/mol. The lowest BCUT2D eigenvalue weighted by molar-refractivity contribution is 0.452. The Morgan fingerprint density at radius 2 is 1.93 bits per heavy atom. The smallest absolute Gasteiger partial charge is 0.118 e. The Labute approximate surface area is 85.8 Å². The van der Waals surface area contributed by atoms with E-state index in [0.29, 0.717) is 11.7 Å². The zero-order valence-corrected chi connectivity index (χ0v) is 8.90. The summed E-state index contributed by atoms with van der Waals surface area (Å²) in [5, 5.41) is 9.54. The summed E-state index contributed by atoms with van der Waals surface area (Å²) in [6.07, 6.45) is 1.75. The molecule has 1 rings (SSSR count). The topological polar surface area (TPSA) is 46.2 Å². The fraction of sp³-hybridized carbons (Fsp3) is 0.500. The highest BCUT2D eigenvalue weighted by atomic mass is 16.3. The number of phenols is 1. The van der Waals surface area contributed by atoms with Crippen LogP contribution >= 0.6 is 0 Å². The van der Waals surface area contributed by atoms with Crippen LogP contribution < -0.4 is 5.73 Å². The molecular weight excluding hydrogens is 174 g/mol. The maximum atomic E-state index is 9.54. The van der Waals surface area contributed by atoms with Gasteiger partial charge in [-0.15, -0.1) is 0 Å². The van der Waals surface area contributed by atoms with Gasteiger partial charge in [0.1, 0.15) is 5.75 Å². The SMILES string of the molecule is CC(C)CC(N)Cc1ccccc1O. The molecule has 0 saturated carbocycles. The Morgan fingerprint density at radius 3 is 2.50 bits per heavy atom. The van der Waals surface area contributed by atoms with Crippen molar-refractivity contribution in [3.8, 4) is 5.75 Å². The van der Waals surface area contributed by atoms with Crippen LogP contribution in [0.3, 0.4) is 0 Å². The van der Waals surface area contributed by atoms with Crippen molar-refractivity contribution in [3.63, 3.8) is 0 Å². The predicted octanol–water partition coefficient (Wildman–Crippen LogP) is 2.31. The molecule has 0 aliphatic rings. The van der Waals surface area contributed by atoms with Crippen molar-refractivity contribution in [1.29, 1.82) is 0 Å². The third kappa shape index (κ3) is 3.38. The van der Waals surface area contributed by atoms with Crippen molar-refractivity contribution in [2.24, 2.45) is 11.7 Å². The molecule has 0 aliphatic heterocycles. The highest BCUT2D eigenvalue weighted by molar-refractivity contribution is 5.32. The number of benzene rings is 1. The van der Waals surface area contributed by atoms with Gasteiger partial charge >= 0.3 is 0 Å². The van der Waals surface area contributed by atoms with Crippen LogP contribution in [0, 0.1) is 5.92 Å². The molecular formula is C12H19NO. The standard InChI is InChI=1S/C12H19NO/c1-9(2)7-11(13)8-10-5-3-4-6-12(10)14/h3-6,9,11,14H,7-8,13H2,1-2H3. The van der Waals surface area contributed by atoms with Crippen molar-refractivity contribution < 1.29 is 5.11 Å². The second kappa shape index (κ2) is 5.01. The molecule has 0 bridgehead atoms. The number of para-hydroxylation sites is 1. The Bertz CT molecular complexity index is 283. The molecule has 0 heterocycles. The number of phenolic OH excluding ortho intramolecular Hbond substituents is 1. The fourth-order valence-electron chi connectivity index (χ4n) is 1.65. The molecule has 2 nitrogen and oxygen atoms in total. The summed E-state index contributed by atoms with van der Waals surface area (Å²) >= 11 is 0. The van der Waals surface area contributed by atoms with Gasteiger partial charge < -0.3 is 10.8 Å². The van der Waals surface area contributed by atoms with E-state index in [9.17, 15) is 5.11 Å². The Morgan fingerprint density at radius 1 is 1.29 bits per heavy atom. The maximum Gasteiger partial charge on any atom is 0.118 e. The van der Waals surface area contributed by atoms with Gasteiger partial charge in [-0.1, -0.05) is 32.0 Å². The summed E-state index contributed by atoms with van der Waals surface area (Å²) < 4.78 is 0. The van der Waals surface area contributed by atoms with Crippen molar-refractivity contribution in [1.82, 2.24) is 0 Å². The lowest BCUT2D eigenvalue weighted by atomic mass is 9.98. The van der Waals surface area contributed by atoms with E-state index in [1.807, 2.05) is 18.2 Å². The molecule has 0 saturated heterocycles. The first-order chi connectivity index (χ1) is 6.59. The molecule has 1 aromatic carbocycles. The van der Waals surface area contributed by atoms with E-state index in [-0.39, 0.29) is 6.04 Å². The Hall–Kier alpha value is -1.02. The van der Waals surface area contributed by atoms with Crippen molar-refractivity contribution in [3.05, 3.63) is 29.8 Å². The molecule has 0 spiro atoms. The first-order valence-corrected chi connectivity index (χ1v) is 5.12. The van der Waals surface area contributed by atoms with Gasteiger partial charge in [-0.25, -0.2) is 0 Å². The Balaban J connectivity index is 2.56. The van der Waals surface area contributed by atoms with Gasteiger partial charge in [0, 0.05) is 6.04 Å². The maximum absolute atomic E-state index is 9.54. The highest BCUT2D eigenvalue weighted by Gasteiger charge is 2.08. The van der Waals surface area contributed by atoms with Gasteiger partial charge in [-0.2, -0.15) is 0 Å². The van der Waals surface area contributed by atoms with Crippen molar-refractivity contribution >= 4 is 0 Å². The van der Waals surface area contributed by atoms with Gasteiger partial charge in [-0.05, 0) is 30.4 Å². The largest absolute Gasteiger partial charge is 0.508 e. The minimum absolute atomic E-state index is 0.142. The second-order valence-corrected chi connectivity index (χ2v) is 4.22. The third-order valence-electron chi connectivity index (χ3n) is 2.25. The molecule has 1 aromatic rings. The number of hydrogen-bond donors (Lipinski definition) is 2. The predicted molar refractivity (Wildman–Crippen MR) is 59.2 cm³/mol. The minimum atomic E-state index is 0.142. The quantitative estimate of drug-likeness (QED) is 0.770. The monoisotopic (exact) mass is 193 g/mol. The van der Waals surface area contributed by atoms with Crippen LogP contribution in [-0.2, 0) is 6.42 Å². The summed E-state index contributed by atoms with van der Waals surface area (Å²) in [6.45, 7) is 4.31. The van der Waals surface area contributed by atoms with E-state index in [1.54, 1.807) is 6.07 Å². The van der Waals surface area contributed by atoms with Gasteiger partial charge in [0.2, 0.25) is 0 Å². The average Bonchev–Trinajstić information content (AvgIpc) is 2.07. The molecule has 0 aromatic heterocycles. The normalized spacial score (nSPS) is 13.1.